The molecule has 0 aliphatic carbocycles. The van der Waals surface area contributed by atoms with Crippen LogP contribution < -0.4 is 0 Å². The van der Waals surface area contributed by atoms with Crippen LogP contribution in [0.15, 0.2) is 29.4 Å². The molecule has 3 aromatic rings. The summed E-state index contributed by atoms with van der Waals surface area (Å²) in [5, 5.41) is 12.7. The summed E-state index contributed by atoms with van der Waals surface area (Å²) in [5.41, 5.74) is 2.95. The number of hydrogen-bond acceptors (Lipinski definition) is 6. The molecular formula is C16H21N7O. The van der Waals surface area contributed by atoms with Gasteiger partial charge in [-0.2, -0.15) is 10.2 Å². The van der Waals surface area contributed by atoms with Crippen molar-refractivity contribution in [3.8, 4) is 11.3 Å². The van der Waals surface area contributed by atoms with Gasteiger partial charge in [0.1, 0.15) is 18.3 Å². The number of aryl methyl sites for hydroxylation is 1. The van der Waals surface area contributed by atoms with Gasteiger partial charge >= 0.3 is 0 Å². The summed E-state index contributed by atoms with van der Waals surface area (Å²) in [6.07, 6.45) is 7.55. The highest BCUT2D eigenvalue weighted by Crippen LogP contribution is 2.25. The monoisotopic (exact) mass is 327 g/mol. The first-order valence-corrected chi connectivity index (χ1v) is 8.22. The molecule has 1 aliphatic rings. The van der Waals surface area contributed by atoms with E-state index in [0.717, 1.165) is 42.3 Å². The lowest BCUT2D eigenvalue weighted by atomic mass is 10.2. The molecule has 0 amide bonds. The second kappa shape index (κ2) is 6.20. The molecular weight excluding hydrogens is 306 g/mol. The molecule has 0 aromatic carbocycles. The molecule has 1 atom stereocenters. The van der Waals surface area contributed by atoms with Crippen LogP contribution in [-0.4, -0.2) is 47.2 Å². The smallest absolute Gasteiger partial charge is 0.151 e. The van der Waals surface area contributed by atoms with Gasteiger partial charge in [0, 0.05) is 30.4 Å². The highest BCUT2D eigenvalue weighted by atomic mass is 16.5. The predicted octanol–water partition coefficient (Wildman–Crippen LogP) is 1.64. The Hall–Kier alpha value is -2.48. The Balaban J connectivity index is 1.46. The second-order valence-electron chi connectivity index (χ2n) is 6.33. The van der Waals surface area contributed by atoms with E-state index in [0.29, 0.717) is 6.04 Å². The van der Waals surface area contributed by atoms with E-state index in [1.165, 1.54) is 12.8 Å². The highest BCUT2D eigenvalue weighted by Gasteiger charge is 2.26. The van der Waals surface area contributed by atoms with E-state index in [2.05, 4.69) is 25.2 Å². The van der Waals surface area contributed by atoms with E-state index in [-0.39, 0.29) is 0 Å². The molecule has 24 heavy (non-hydrogen) atoms. The maximum absolute atomic E-state index is 5.57. The number of rotatable bonds is 5. The van der Waals surface area contributed by atoms with Gasteiger partial charge in [0.25, 0.3) is 0 Å². The van der Waals surface area contributed by atoms with E-state index in [1.807, 2.05) is 35.6 Å². The number of hydrogen-bond donors (Lipinski definition) is 0. The molecule has 1 fully saturated rings. The van der Waals surface area contributed by atoms with Gasteiger partial charge in [0.2, 0.25) is 0 Å². The van der Waals surface area contributed by atoms with Crippen LogP contribution in [0, 0.1) is 6.92 Å². The Bertz CT molecular complexity index is 804. The SMILES string of the molecule is Cc1c(-c2cc(CN3CCCC3Cn3cncn3)on2)cnn1C. The van der Waals surface area contributed by atoms with Crippen LogP contribution in [0.3, 0.4) is 0 Å². The minimum absolute atomic E-state index is 0.459. The minimum Gasteiger partial charge on any atom is -0.359 e. The maximum atomic E-state index is 5.57. The van der Waals surface area contributed by atoms with Crippen LogP contribution in [0.25, 0.3) is 11.3 Å². The largest absolute Gasteiger partial charge is 0.359 e. The topological polar surface area (TPSA) is 77.8 Å². The summed E-state index contributed by atoms with van der Waals surface area (Å²) in [5.74, 6) is 0.888. The molecule has 0 bridgehead atoms. The van der Waals surface area contributed by atoms with Crippen molar-refractivity contribution < 1.29 is 4.52 Å². The summed E-state index contributed by atoms with van der Waals surface area (Å²) in [7, 11) is 1.93. The standard InChI is InChI=1S/C16H21N7O/c1-12-15(7-18-21(12)2)16-6-14(24-20-16)9-22-5-3-4-13(22)8-23-11-17-10-19-23/h6-7,10-11,13H,3-5,8-9H2,1-2H3. The third-order valence-electron chi connectivity index (χ3n) is 4.79. The summed E-state index contributed by atoms with van der Waals surface area (Å²) < 4.78 is 9.31. The van der Waals surface area contributed by atoms with Gasteiger partial charge in [-0.15, -0.1) is 0 Å². The summed E-state index contributed by atoms with van der Waals surface area (Å²) in [4.78, 5) is 6.45. The van der Waals surface area contributed by atoms with Gasteiger partial charge < -0.3 is 4.52 Å². The normalized spacial score (nSPS) is 18.5. The Morgan fingerprint density at radius 3 is 3.00 bits per heavy atom. The van der Waals surface area contributed by atoms with Crippen molar-refractivity contribution in [2.24, 2.45) is 7.05 Å². The van der Waals surface area contributed by atoms with Crippen molar-refractivity contribution in [2.75, 3.05) is 6.54 Å². The van der Waals surface area contributed by atoms with Crippen molar-refractivity contribution >= 4 is 0 Å². The van der Waals surface area contributed by atoms with E-state index in [1.54, 1.807) is 12.7 Å². The first-order valence-electron chi connectivity index (χ1n) is 8.22. The van der Waals surface area contributed by atoms with Crippen LogP contribution in [0.2, 0.25) is 0 Å². The zero-order chi connectivity index (χ0) is 16.5. The van der Waals surface area contributed by atoms with Gasteiger partial charge in [-0.25, -0.2) is 4.98 Å². The van der Waals surface area contributed by atoms with Gasteiger partial charge in [-0.3, -0.25) is 14.3 Å². The molecule has 1 aliphatic heterocycles. The highest BCUT2D eigenvalue weighted by molar-refractivity contribution is 5.60. The Labute approximate surface area is 140 Å². The quantitative estimate of drug-likeness (QED) is 0.709. The fourth-order valence-electron chi connectivity index (χ4n) is 3.32. The van der Waals surface area contributed by atoms with E-state index in [4.69, 9.17) is 4.52 Å². The van der Waals surface area contributed by atoms with Crippen molar-refractivity contribution in [3.05, 3.63) is 36.4 Å². The predicted molar refractivity (Wildman–Crippen MR) is 86.9 cm³/mol. The Morgan fingerprint density at radius 1 is 1.33 bits per heavy atom. The fourth-order valence-corrected chi connectivity index (χ4v) is 3.32. The van der Waals surface area contributed by atoms with Gasteiger partial charge in [-0.05, 0) is 26.3 Å². The van der Waals surface area contributed by atoms with Crippen molar-refractivity contribution in [2.45, 2.75) is 38.9 Å². The lowest BCUT2D eigenvalue weighted by Crippen LogP contribution is -2.32. The molecule has 8 heteroatoms. The molecule has 1 saturated heterocycles. The molecule has 0 N–H and O–H groups in total. The molecule has 0 spiro atoms. The van der Waals surface area contributed by atoms with Crippen molar-refractivity contribution in [3.63, 3.8) is 0 Å². The molecule has 4 rings (SSSR count). The number of likely N-dealkylation sites (tertiary alicyclic amines) is 1. The summed E-state index contributed by atoms with van der Waals surface area (Å²) >= 11 is 0. The van der Waals surface area contributed by atoms with Crippen molar-refractivity contribution in [1.29, 1.82) is 0 Å². The van der Waals surface area contributed by atoms with E-state index >= 15 is 0 Å². The van der Waals surface area contributed by atoms with Gasteiger partial charge in [0.15, 0.2) is 5.76 Å². The molecule has 0 saturated carbocycles. The minimum atomic E-state index is 0.459. The lowest BCUT2D eigenvalue weighted by molar-refractivity contribution is 0.195. The first-order chi connectivity index (χ1) is 11.7. The van der Waals surface area contributed by atoms with E-state index in [9.17, 15) is 0 Å². The molecule has 8 nitrogen and oxygen atoms in total. The van der Waals surface area contributed by atoms with Crippen LogP contribution in [0.4, 0.5) is 0 Å². The lowest BCUT2D eigenvalue weighted by Gasteiger charge is -2.22. The molecule has 0 radical (unpaired) electrons. The van der Waals surface area contributed by atoms with Crippen LogP contribution in [-0.2, 0) is 20.1 Å². The maximum Gasteiger partial charge on any atom is 0.151 e. The average molecular weight is 327 g/mol. The Kier molecular flexibility index (Phi) is 3.89. The molecule has 126 valence electrons. The second-order valence-corrected chi connectivity index (χ2v) is 6.33. The number of aromatic nitrogens is 6. The third-order valence-corrected chi connectivity index (χ3v) is 4.79. The first kappa shape index (κ1) is 15.1. The average Bonchev–Trinajstić information content (AvgIpc) is 3.34. The third kappa shape index (κ3) is 2.84. The zero-order valence-corrected chi connectivity index (χ0v) is 14.0. The zero-order valence-electron chi connectivity index (χ0n) is 14.0. The van der Waals surface area contributed by atoms with E-state index < -0.39 is 0 Å². The van der Waals surface area contributed by atoms with Crippen LogP contribution >= 0.6 is 0 Å². The van der Waals surface area contributed by atoms with Gasteiger partial charge in [-0.1, -0.05) is 5.16 Å². The Morgan fingerprint density at radius 2 is 2.25 bits per heavy atom. The van der Waals surface area contributed by atoms with Crippen LogP contribution in [0.1, 0.15) is 24.3 Å². The fraction of sp³-hybridized carbons (Fsp3) is 0.500. The van der Waals surface area contributed by atoms with Crippen LogP contribution in [0.5, 0.6) is 0 Å². The molecule has 4 heterocycles. The summed E-state index contributed by atoms with van der Waals surface area (Å²) in [6.45, 7) is 4.74. The number of nitrogens with zero attached hydrogens (tertiary/aromatic N) is 7. The molecule has 3 aromatic heterocycles. The molecule has 1 unspecified atom stereocenters. The summed E-state index contributed by atoms with van der Waals surface area (Å²) in [6, 6.07) is 2.48. The van der Waals surface area contributed by atoms with Gasteiger partial charge in [0.05, 0.1) is 19.3 Å². The van der Waals surface area contributed by atoms with Crippen molar-refractivity contribution in [1.82, 2.24) is 34.6 Å².